The summed E-state index contributed by atoms with van der Waals surface area (Å²) in [5, 5.41) is 14.3. The summed E-state index contributed by atoms with van der Waals surface area (Å²) in [6, 6.07) is 1.92. The first-order valence-electron chi connectivity index (χ1n) is 5.11. The fraction of sp³-hybridized carbons (Fsp3) is 0.400. The van der Waals surface area contributed by atoms with E-state index in [0.717, 1.165) is 25.5 Å². The summed E-state index contributed by atoms with van der Waals surface area (Å²) >= 11 is 8.40. The molecule has 4 nitrogen and oxygen atoms in total. The van der Waals surface area contributed by atoms with Crippen LogP contribution in [-0.4, -0.2) is 19.9 Å². The number of nitrogens with zero attached hydrogens (tertiary/aromatic N) is 3. The molecule has 1 N–H and O–H groups in total. The van der Waals surface area contributed by atoms with Crippen molar-refractivity contribution in [1.82, 2.24) is 14.8 Å². The molecule has 0 aliphatic carbocycles. The van der Waals surface area contributed by atoms with Gasteiger partial charge in [-0.15, -0.1) is 11.3 Å². The van der Waals surface area contributed by atoms with Gasteiger partial charge in [-0.05, 0) is 44.8 Å². The lowest BCUT2D eigenvalue weighted by Crippen LogP contribution is -2.09. The molecular weight excluding hydrogens is 370 g/mol. The van der Waals surface area contributed by atoms with E-state index in [1.54, 1.807) is 16.0 Å². The molecule has 0 radical (unpaired) electrons. The highest BCUT2D eigenvalue weighted by atomic mass is 79.9. The number of aromatic nitrogens is 3. The fourth-order valence-electron chi connectivity index (χ4n) is 1.57. The largest absolute Gasteiger partial charge is 0.388 e. The number of halogens is 2. The second-order valence-electron chi connectivity index (χ2n) is 3.49. The predicted octanol–water partition coefficient (Wildman–Crippen LogP) is 3.16. The molecule has 92 valence electrons. The smallest absolute Gasteiger partial charge is 0.138 e. The Balaban J connectivity index is 2.17. The first-order valence-corrected chi connectivity index (χ1v) is 7.51. The SMILES string of the molecule is CCn1ncnc1CC(O)c1cc(Br)sc1Br. The van der Waals surface area contributed by atoms with Gasteiger partial charge in [0.2, 0.25) is 0 Å². The third-order valence-corrected chi connectivity index (χ3v) is 4.80. The first-order chi connectivity index (χ1) is 8.11. The zero-order valence-corrected chi connectivity index (χ0v) is 13.1. The van der Waals surface area contributed by atoms with Gasteiger partial charge in [-0.3, -0.25) is 4.68 Å². The summed E-state index contributed by atoms with van der Waals surface area (Å²) in [4.78, 5) is 4.16. The monoisotopic (exact) mass is 379 g/mol. The van der Waals surface area contributed by atoms with Gasteiger partial charge in [-0.2, -0.15) is 5.10 Å². The third kappa shape index (κ3) is 2.96. The molecule has 1 atom stereocenters. The van der Waals surface area contributed by atoms with Crippen LogP contribution in [0.2, 0.25) is 0 Å². The van der Waals surface area contributed by atoms with Gasteiger partial charge in [0.25, 0.3) is 0 Å². The summed E-state index contributed by atoms with van der Waals surface area (Å²) in [6.45, 7) is 2.76. The van der Waals surface area contributed by atoms with Crippen LogP contribution in [0.15, 0.2) is 20.0 Å². The second kappa shape index (κ2) is 5.60. The summed E-state index contributed by atoms with van der Waals surface area (Å²) in [5.74, 6) is 0.800. The Kier molecular flexibility index (Phi) is 4.35. The highest BCUT2D eigenvalue weighted by molar-refractivity contribution is 9.12. The predicted molar refractivity (Wildman–Crippen MR) is 74.1 cm³/mol. The Morgan fingerprint density at radius 2 is 2.29 bits per heavy atom. The van der Waals surface area contributed by atoms with Crippen molar-refractivity contribution in [2.45, 2.75) is 26.0 Å². The molecule has 0 bridgehead atoms. The number of thiophene rings is 1. The van der Waals surface area contributed by atoms with Crippen LogP contribution >= 0.6 is 43.2 Å². The van der Waals surface area contributed by atoms with Gasteiger partial charge >= 0.3 is 0 Å². The minimum absolute atomic E-state index is 0.468. The Hall–Kier alpha value is -0.240. The molecule has 0 amide bonds. The molecule has 2 rings (SSSR count). The second-order valence-corrected chi connectivity index (χ2v) is 7.24. The van der Waals surface area contributed by atoms with Crippen molar-refractivity contribution < 1.29 is 5.11 Å². The van der Waals surface area contributed by atoms with Crippen molar-refractivity contribution in [3.63, 3.8) is 0 Å². The summed E-state index contributed by atoms with van der Waals surface area (Å²) < 4.78 is 3.73. The summed E-state index contributed by atoms with van der Waals surface area (Å²) in [7, 11) is 0. The Morgan fingerprint density at radius 3 is 2.88 bits per heavy atom. The molecule has 0 saturated carbocycles. The molecule has 0 fully saturated rings. The molecule has 2 aromatic heterocycles. The molecule has 7 heteroatoms. The summed E-state index contributed by atoms with van der Waals surface area (Å²) in [6.07, 6.45) is 1.42. The first kappa shape index (κ1) is 13.2. The van der Waals surface area contributed by atoms with Gasteiger partial charge < -0.3 is 5.11 Å². The molecule has 2 heterocycles. The van der Waals surface area contributed by atoms with E-state index >= 15 is 0 Å². The van der Waals surface area contributed by atoms with Gasteiger partial charge in [0, 0.05) is 18.5 Å². The van der Waals surface area contributed by atoms with Crippen LogP contribution in [0, 0.1) is 0 Å². The van der Waals surface area contributed by atoms with E-state index < -0.39 is 6.10 Å². The van der Waals surface area contributed by atoms with Crippen molar-refractivity contribution >= 4 is 43.2 Å². The number of aliphatic hydroxyl groups is 1. The number of aryl methyl sites for hydroxylation is 1. The third-order valence-electron chi connectivity index (χ3n) is 2.41. The quantitative estimate of drug-likeness (QED) is 0.886. The Bertz CT molecular complexity index is 511. The lowest BCUT2D eigenvalue weighted by molar-refractivity contribution is 0.174. The molecule has 17 heavy (non-hydrogen) atoms. The van der Waals surface area contributed by atoms with E-state index in [1.165, 1.54) is 6.33 Å². The van der Waals surface area contributed by atoms with E-state index in [4.69, 9.17) is 0 Å². The van der Waals surface area contributed by atoms with Crippen molar-refractivity contribution in [2.75, 3.05) is 0 Å². The van der Waals surface area contributed by atoms with Crippen LogP contribution in [0.25, 0.3) is 0 Å². The molecule has 0 aliphatic heterocycles. The van der Waals surface area contributed by atoms with E-state index in [0.29, 0.717) is 6.42 Å². The van der Waals surface area contributed by atoms with E-state index in [2.05, 4.69) is 41.9 Å². The fourth-order valence-corrected chi connectivity index (χ4v) is 4.53. The van der Waals surface area contributed by atoms with Gasteiger partial charge in [-0.1, -0.05) is 0 Å². The van der Waals surface area contributed by atoms with Crippen molar-refractivity contribution in [3.05, 3.63) is 31.4 Å². The van der Waals surface area contributed by atoms with Crippen LogP contribution in [-0.2, 0) is 13.0 Å². The van der Waals surface area contributed by atoms with Crippen LogP contribution in [0.4, 0.5) is 0 Å². The molecule has 0 aromatic carbocycles. The van der Waals surface area contributed by atoms with Crippen molar-refractivity contribution in [3.8, 4) is 0 Å². The van der Waals surface area contributed by atoms with E-state index in [-0.39, 0.29) is 0 Å². The van der Waals surface area contributed by atoms with Gasteiger partial charge in [0.1, 0.15) is 12.2 Å². The summed E-state index contributed by atoms with van der Waals surface area (Å²) in [5.41, 5.74) is 0.882. The Labute approximate surface area is 120 Å². The lowest BCUT2D eigenvalue weighted by Gasteiger charge is -2.09. The van der Waals surface area contributed by atoms with Crippen LogP contribution in [0.1, 0.15) is 24.4 Å². The van der Waals surface area contributed by atoms with Crippen LogP contribution < -0.4 is 0 Å². The average Bonchev–Trinajstić information content (AvgIpc) is 2.84. The molecular formula is C10H11Br2N3OS. The maximum atomic E-state index is 10.2. The molecule has 2 aromatic rings. The standard InChI is InChI=1S/C10H11Br2N3OS/c1-2-15-9(13-5-14-15)4-7(16)6-3-8(11)17-10(6)12/h3,5,7,16H,2,4H2,1H3. The van der Waals surface area contributed by atoms with Crippen molar-refractivity contribution in [1.29, 1.82) is 0 Å². The highest BCUT2D eigenvalue weighted by Gasteiger charge is 2.17. The maximum absolute atomic E-state index is 10.2. The van der Waals surface area contributed by atoms with Crippen LogP contribution in [0.3, 0.4) is 0 Å². The number of aliphatic hydroxyl groups excluding tert-OH is 1. The zero-order chi connectivity index (χ0) is 12.4. The number of hydrogen-bond donors (Lipinski definition) is 1. The van der Waals surface area contributed by atoms with Crippen LogP contribution in [0.5, 0.6) is 0 Å². The average molecular weight is 381 g/mol. The van der Waals surface area contributed by atoms with E-state index in [1.807, 2.05) is 13.0 Å². The highest BCUT2D eigenvalue weighted by Crippen LogP contribution is 2.36. The van der Waals surface area contributed by atoms with Gasteiger partial charge in [0.05, 0.1) is 13.7 Å². The molecule has 1 unspecified atom stereocenters. The number of rotatable bonds is 4. The topological polar surface area (TPSA) is 50.9 Å². The zero-order valence-electron chi connectivity index (χ0n) is 9.10. The maximum Gasteiger partial charge on any atom is 0.138 e. The minimum Gasteiger partial charge on any atom is -0.388 e. The van der Waals surface area contributed by atoms with Gasteiger partial charge in [0.15, 0.2) is 0 Å². The normalized spacial score (nSPS) is 12.9. The van der Waals surface area contributed by atoms with E-state index in [9.17, 15) is 5.11 Å². The molecule has 0 spiro atoms. The van der Waals surface area contributed by atoms with Crippen molar-refractivity contribution in [2.24, 2.45) is 0 Å². The molecule has 0 aliphatic rings. The molecule has 0 saturated heterocycles. The lowest BCUT2D eigenvalue weighted by atomic mass is 10.1. The van der Waals surface area contributed by atoms with Gasteiger partial charge in [-0.25, -0.2) is 4.98 Å². The minimum atomic E-state index is -0.568. The number of hydrogen-bond acceptors (Lipinski definition) is 4. The Morgan fingerprint density at radius 1 is 1.53 bits per heavy atom.